The number of hydrogen-bond donors (Lipinski definition) is 1. The third-order valence-corrected chi connectivity index (χ3v) is 6.51. The molecule has 6 nitrogen and oxygen atoms in total. The molecular weight excluding hydrogens is 471 g/mol. The van der Waals surface area contributed by atoms with Crippen molar-refractivity contribution in [3.8, 4) is 22.8 Å². The number of phenolic OH excluding ortho intramolecular Hbond substituents is 1. The minimum Gasteiger partial charge on any atom is -0.508 e. The molecule has 2 heterocycles. The van der Waals surface area contributed by atoms with E-state index in [1.807, 2.05) is 58.0 Å². The summed E-state index contributed by atoms with van der Waals surface area (Å²) in [6.45, 7) is 2.56. The van der Waals surface area contributed by atoms with E-state index in [-0.39, 0.29) is 11.7 Å². The Morgan fingerprint density at radius 1 is 0.824 bits per heavy atom. The number of aromatic nitrogens is 2. The van der Waals surface area contributed by atoms with Gasteiger partial charge in [-0.15, -0.1) is 0 Å². The van der Waals surface area contributed by atoms with Crippen LogP contribution < -0.4 is 4.90 Å². The first-order valence-corrected chi connectivity index (χ1v) is 11.7. The molecule has 1 aliphatic rings. The predicted molar refractivity (Wildman–Crippen MR) is 135 cm³/mol. The highest BCUT2D eigenvalue weighted by molar-refractivity contribution is 6.33. The average molecular weight is 493 g/mol. The van der Waals surface area contributed by atoms with E-state index in [1.54, 1.807) is 30.5 Å². The standard InChI is InChI=1S/C26H22Cl2N4O2/c27-18-5-7-20(8-6-18)32-17-24(29-25(32)22-3-1-2-4-23(22)28)26(34)31-15-13-30(14-16-31)19-9-11-21(33)12-10-19/h1-12,17,33H,13-16H2. The largest absolute Gasteiger partial charge is 0.508 e. The van der Waals surface area contributed by atoms with Crippen molar-refractivity contribution < 1.29 is 9.90 Å². The highest BCUT2D eigenvalue weighted by atomic mass is 35.5. The normalized spacial score (nSPS) is 13.8. The van der Waals surface area contributed by atoms with Gasteiger partial charge in [0.1, 0.15) is 17.3 Å². The first-order valence-electron chi connectivity index (χ1n) is 10.9. The number of carbonyl (C=O) groups excluding carboxylic acids is 1. The Kier molecular flexibility index (Phi) is 6.18. The molecule has 1 amide bonds. The fraction of sp³-hybridized carbons (Fsp3) is 0.154. The van der Waals surface area contributed by atoms with Gasteiger partial charge in [0.2, 0.25) is 0 Å². The summed E-state index contributed by atoms with van der Waals surface area (Å²) < 4.78 is 1.87. The van der Waals surface area contributed by atoms with Crippen molar-refractivity contribution in [1.82, 2.24) is 14.5 Å². The second-order valence-corrected chi connectivity index (χ2v) is 8.92. The minimum atomic E-state index is -0.119. The van der Waals surface area contributed by atoms with Crippen LogP contribution in [0.3, 0.4) is 0 Å². The van der Waals surface area contributed by atoms with Gasteiger partial charge in [0.25, 0.3) is 5.91 Å². The lowest BCUT2D eigenvalue weighted by Crippen LogP contribution is -2.48. The fourth-order valence-electron chi connectivity index (χ4n) is 4.11. The zero-order chi connectivity index (χ0) is 23.7. The first kappa shape index (κ1) is 22.3. The molecule has 1 N–H and O–H groups in total. The van der Waals surface area contributed by atoms with Crippen molar-refractivity contribution in [3.63, 3.8) is 0 Å². The molecule has 0 unspecified atom stereocenters. The topological polar surface area (TPSA) is 61.6 Å². The van der Waals surface area contributed by atoms with Crippen molar-refractivity contribution in [2.75, 3.05) is 31.1 Å². The Balaban J connectivity index is 1.42. The second kappa shape index (κ2) is 9.41. The summed E-state index contributed by atoms with van der Waals surface area (Å²) in [7, 11) is 0. The molecule has 0 bridgehead atoms. The van der Waals surface area contributed by atoms with E-state index in [4.69, 9.17) is 28.2 Å². The number of carbonyl (C=O) groups is 1. The Hall–Kier alpha value is -3.48. The first-order chi connectivity index (χ1) is 16.5. The number of anilines is 1. The van der Waals surface area contributed by atoms with Crippen LogP contribution in [0.15, 0.2) is 79.0 Å². The Morgan fingerprint density at radius 2 is 1.47 bits per heavy atom. The number of halogens is 2. The van der Waals surface area contributed by atoms with Crippen LogP contribution in [0.2, 0.25) is 10.0 Å². The fourth-order valence-corrected chi connectivity index (χ4v) is 4.45. The van der Waals surface area contributed by atoms with Crippen molar-refractivity contribution in [2.24, 2.45) is 0 Å². The SMILES string of the molecule is O=C(c1cn(-c2ccc(Cl)cc2)c(-c2ccccc2Cl)n1)N1CCN(c2ccc(O)cc2)CC1. The van der Waals surface area contributed by atoms with Crippen LogP contribution in [0.4, 0.5) is 5.69 Å². The van der Waals surface area contributed by atoms with Crippen LogP contribution in [-0.2, 0) is 0 Å². The van der Waals surface area contributed by atoms with Gasteiger partial charge in [-0.25, -0.2) is 4.98 Å². The van der Waals surface area contributed by atoms with Gasteiger partial charge in [-0.2, -0.15) is 0 Å². The van der Waals surface area contributed by atoms with E-state index in [1.165, 1.54) is 0 Å². The van der Waals surface area contributed by atoms with Gasteiger partial charge in [-0.3, -0.25) is 9.36 Å². The number of phenols is 1. The molecule has 1 fully saturated rings. The third-order valence-electron chi connectivity index (χ3n) is 5.93. The number of aromatic hydroxyl groups is 1. The van der Waals surface area contributed by atoms with Crippen LogP contribution >= 0.6 is 23.2 Å². The van der Waals surface area contributed by atoms with Gasteiger partial charge < -0.3 is 14.9 Å². The number of imidazole rings is 1. The summed E-state index contributed by atoms with van der Waals surface area (Å²) in [5, 5.41) is 10.7. The number of rotatable bonds is 4. The zero-order valence-corrected chi connectivity index (χ0v) is 19.7. The maximum absolute atomic E-state index is 13.4. The Labute approximate surface area is 207 Å². The lowest BCUT2D eigenvalue weighted by Gasteiger charge is -2.35. The van der Waals surface area contributed by atoms with Crippen LogP contribution in [0.1, 0.15) is 10.5 Å². The van der Waals surface area contributed by atoms with E-state index in [2.05, 4.69) is 4.90 Å². The molecule has 1 aliphatic heterocycles. The van der Waals surface area contributed by atoms with Crippen LogP contribution in [0.25, 0.3) is 17.1 Å². The number of hydrogen-bond acceptors (Lipinski definition) is 4. The molecule has 1 saturated heterocycles. The van der Waals surface area contributed by atoms with Gasteiger partial charge in [0.15, 0.2) is 0 Å². The van der Waals surface area contributed by atoms with Crippen LogP contribution in [-0.4, -0.2) is 51.6 Å². The molecular formula is C26H22Cl2N4O2. The van der Waals surface area contributed by atoms with Crippen molar-refractivity contribution >= 4 is 34.8 Å². The average Bonchev–Trinajstić information content (AvgIpc) is 3.30. The number of amides is 1. The molecule has 34 heavy (non-hydrogen) atoms. The highest BCUT2D eigenvalue weighted by Gasteiger charge is 2.26. The zero-order valence-electron chi connectivity index (χ0n) is 18.2. The van der Waals surface area contributed by atoms with E-state index in [0.29, 0.717) is 47.7 Å². The quantitative estimate of drug-likeness (QED) is 0.407. The Morgan fingerprint density at radius 3 is 2.15 bits per heavy atom. The lowest BCUT2D eigenvalue weighted by atomic mass is 10.2. The van der Waals surface area contributed by atoms with E-state index in [0.717, 1.165) is 16.9 Å². The molecule has 172 valence electrons. The molecule has 0 spiro atoms. The summed E-state index contributed by atoms with van der Waals surface area (Å²) in [6.07, 6.45) is 1.76. The molecule has 1 aromatic heterocycles. The molecule has 3 aromatic carbocycles. The lowest BCUT2D eigenvalue weighted by molar-refractivity contribution is 0.0741. The second-order valence-electron chi connectivity index (χ2n) is 8.07. The minimum absolute atomic E-state index is 0.119. The van der Waals surface area contributed by atoms with Gasteiger partial charge >= 0.3 is 0 Å². The van der Waals surface area contributed by atoms with Crippen molar-refractivity contribution in [2.45, 2.75) is 0 Å². The molecule has 0 radical (unpaired) electrons. The highest BCUT2D eigenvalue weighted by Crippen LogP contribution is 2.30. The summed E-state index contributed by atoms with van der Waals surface area (Å²) in [4.78, 5) is 22.1. The molecule has 0 saturated carbocycles. The van der Waals surface area contributed by atoms with Crippen molar-refractivity contribution in [3.05, 3.63) is 94.7 Å². The number of nitrogens with zero attached hydrogens (tertiary/aromatic N) is 4. The molecule has 4 aromatic rings. The van der Waals surface area contributed by atoms with Gasteiger partial charge in [0, 0.05) is 54.3 Å². The summed E-state index contributed by atoms with van der Waals surface area (Å²) in [6, 6.07) is 21.9. The van der Waals surface area contributed by atoms with Crippen LogP contribution in [0.5, 0.6) is 5.75 Å². The molecule has 0 aliphatic carbocycles. The van der Waals surface area contributed by atoms with E-state index >= 15 is 0 Å². The number of piperazine rings is 1. The van der Waals surface area contributed by atoms with Crippen LogP contribution in [0, 0.1) is 0 Å². The smallest absolute Gasteiger partial charge is 0.274 e. The summed E-state index contributed by atoms with van der Waals surface area (Å²) in [5.41, 5.74) is 2.97. The molecule has 0 atom stereocenters. The maximum Gasteiger partial charge on any atom is 0.274 e. The van der Waals surface area contributed by atoms with E-state index < -0.39 is 0 Å². The Bertz CT molecular complexity index is 1310. The molecule has 5 rings (SSSR count). The van der Waals surface area contributed by atoms with Gasteiger partial charge in [-0.05, 0) is 60.7 Å². The third kappa shape index (κ3) is 4.47. The monoisotopic (exact) mass is 492 g/mol. The van der Waals surface area contributed by atoms with Gasteiger partial charge in [0.05, 0.1) is 5.02 Å². The number of benzene rings is 3. The van der Waals surface area contributed by atoms with Gasteiger partial charge in [-0.1, -0.05) is 35.3 Å². The van der Waals surface area contributed by atoms with Crippen molar-refractivity contribution in [1.29, 1.82) is 0 Å². The maximum atomic E-state index is 13.4. The molecule has 8 heteroatoms. The summed E-state index contributed by atoms with van der Waals surface area (Å²) >= 11 is 12.6. The van der Waals surface area contributed by atoms with E-state index in [9.17, 15) is 9.90 Å². The summed E-state index contributed by atoms with van der Waals surface area (Å²) in [5.74, 6) is 0.716. The predicted octanol–water partition coefficient (Wildman–Crippen LogP) is 5.51.